The SMILES string of the molecule is CC1NCCCC1NC(=O)c1cn[nH]c1-c1ccccc1.Cl. The Balaban J connectivity index is 0.00000176. The van der Waals surface area contributed by atoms with Crippen LogP contribution in [0, 0.1) is 0 Å². The van der Waals surface area contributed by atoms with Crippen molar-refractivity contribution in [2.45, 2.75) is 31.8 Å². The third kappa shape index (κ3) is 3.48. The number of aromatic amines is 1. The molecule has 0 aliphatic carbocycles. The van der Waals surface area contributed by atoms with Crippen molar-refractivity contribution in [3.05, 3.63) is 42.1 Å². The summed E-state index contributed by atoms with van der Waals surface area (Å²) in [5.74, 6) is -0.0665. The van der Waals surface area contributed by atoms with Crippen molar-refractivity contribution >= 4 is 18.3 Å². The summed E-state index contributed by atoms with van der Waals surface area (Å²) >= 11 is 0. The summed E-state index contributed by atoms with van der Waals surface area (Å²) in [5.41, 5.74) is 2.33. The van der Waals surface area contributed by atoms with Gasteiger partial charge in [-0.2, -0.15) is 5.10 Å². The number of hydrogen-bond acceptors (Lipinski definition) is 3. The zero-order chi connectivity index (χ0) is 14.7. The van der Waals surface area contributed by atoms with Crippen molar-refractivity contribution in [1.29, 1.82) is 0 Å². The predicted octanol–water partition coefficient (Wildman–Crippen LogP) is 2.37. The molecule has 2 heterocycles. The third-order valence-electron chi connectivity index (χ3n) is 4.02. The first-order chi connectivity index (χ1) is 10.3. The Bertz CT molecular complexity index is 614. The summed E-state index contributed by atoms with van der Waals surface area (Å²) in [6.07, 6.45) is 3.70. The van der Waals surface area contributed by atoms with Crippen molar-refractivity contribution in [1.82, 2.24) is 20.8 Å². The van der Waals surface area contributed by atoms with E-state index < -0.39 is 0 Å². The number of piperidine rings is 1. The van der Waals surface area contributed by atoms with E-state index in [0.29, 0.717) is 11.6 Å². The van der Waals surface area contributed by atoms with E-state index in [1.807, 2.05) is 30.3 Å². The Kier molecular flexibility index (Phi) is 5.57. The van der Waals surface area contributed by atoms with Crippen molar-refractivity contribution < 1.29 is 4.79 Å². The van der Waals surface area contributed by atoms with Crippen LogP contribution in [0.15, 0.2) is 36.5 Å². The van der Waals surface area contributed by atoms with Crippen LogP contribution in [-0.2, 0) is 0 Å². The minimum atomic E-state index is -0.0665. The van der Waals surface area contributed by atoms with Crippen molar-refractivity contribution in [3.8, 4) is 11.3 Å². The topological polar surface area (TPSA) is 69.8 Å². The minimum absolute atomic E-state index is 0. The van der Waals surface area contributed by atoms with Gasteiger partial charge in [0.05, 0.1) is 17.5 Å². The summed E-state index contributed by atoms with van der Waals surface area (Å²) in [5, 5.41) is 13.5. The van der Waals surface area contributed by atoms with Gasteiger partial charge in [-0.15, -0.1) is 12.4 Å². The minimum Gasteiger partial charge on any atom is -0.348 e. The molecule has 2 aromatic rings. The first-order valence-electron chi connectivity index (χ1n) is 7.39. The highest BCUT2D eigenvalue weighted by molar-refractivity contribution is 5.99. The summed E-state index contributed by atoms with van der Waals surface area (Å²) in [6.45, 7) is 3.13. The molecule has 0 spiro atoms. The number of amides is 1. The maximum atomic E-state index is 12.5. The molecule has 22 heavy (non-hydrogen) atoms. The van der Waals surface area contributed by atoms with Crippen LogP contribution >= 0.6 is 12.4 Å². The van der Waals surface area contributed by atoms with Crippen LogP contribution in [0.4, 0.5) is 0 Å². The van der Waals surface area contributed by atoms with Crippen LogP contribution in [0.5, 0.6) is 0 Å². The molecule has 6 heteroatoms. The molecular formula is C16H21ClN4O. The molecule has 1 aromatic carbocycles. The molecule has 1 fully saturated rings. The van der Waals surface area contributed by atoms with Crippen molar-refractivity contribution in [3.63, 3.8) is 0 Å². The number of nitrogens with one attached hydrogen (secondary N) is 3. The first-order valence-corrected chi connectivity index (χ1v) is 7.39. The molecule has 118 valence electrons. The highest BCUT2D eigenvalue weighted by Gasteiger charge is 2.24. The van der Waals surface area contributed by atoms with E-state index >= 15 is 0 Å². The molecule has 1 aliphatic heterocycles. The van der Waals surface area contributed by atoms with Crippen LogP contribution in [0.1, 0.15) is 30.1 Å². The lowest BCUT2D eigenvalue weighted by Gasteiger charge is -2.30. The van der Waals surface area contributed by atoms with Gasteiger partial charge in [-0.1, -0.05) is 30.3 Å². The Morgan fingerprint density at radius 1 is 1.32 bits per heavy atom. The zero-order valence-electron chi connectivity index (χ0n) is 12.5. The molecule has 1 saturated heterocycles. The van der Waals surface area contributed by atoms with Crippen molar-refractivity contribution in [2.24, 2.45) is 0 Å². The molecular weight excluding hydrogens is 300 g/mol. The molecule has 2 atom stereocenters. The fraction of sp³-hybridized carbons (Fsp3) is 0.375. The molecule has 0 saturated carbocycles. The number of carbonyl (C=O) groups is 1. The Morgan fingerprint density at radius 3 is 2.82 bits per heavy atom. The van der Waals surface area contributed by atoms with E-state index in [4.69, 9.17) is 0 Å². The van der Waals surface area contributed by atoms with Crippen LogP contribution in [0.3, 0.4) is 0 Å². The van der Waals surface area contributed by atoms with Crippen molar-refractivity contribution in [2.75, 3.05) is 6.54 Å². The fourth-order valence-electron chi connectivity index (χ4n) is 2.77. The predicted molar refractivity (Wildman–Crippen MR) is 89.2 cm³/mol. The Hall–Kier alpha value is -1.85. The molecule has 2 unspecified atom stereocenters. The van der Waals surface area contributed by atoms with Gasteiger partial charge >= 0.3 is 0 Å². The van der Waals surface area contributed by atoms with E-state index in [0.717, 1.165) is 30.6 Å². The summed E-state index contributed by atoms with van der Waals surface area (Å²) in [7, 11) is 0. The second-order valence-corrected chi connectivity index (χ2v) is 5.49. The summed E-state index contributed by atoms with van der Waals surface area (Å²) in [6, 6.07) is 10.3. The molecule has 1 aromatic heterocycles. The van der Waals surface area contributed by atoms with Gasteiger partial charge < -0.3 is 10.6 Å². The van der Waals surface area contributed by atoms with Gasteiger partial charge in [-0.25, -0.2) is 0 Å². The molecule has 3 N–H and O–H groups in total. The van der Waals surface area contributed by atoms with Gasteiger partial charge in [0.1, 0.15) is 0 Å². The molecule has 1 aliphatic rings. The van der Waals surface area contributed by atoms with Crippen LogP contribution in [-0.4, -0.2) is 34.7 Å². The molecule has 0 radical (unpaired) electrons. The number of H-pyrrole nitrogens is 1. The average Bonchev–Trinajstić information content (AvgIpc) is 3.00. The van der Waals surface area contributed by atoms with Gasteiger partial charge in [0.2, 0.25) is 0 Å². The number of carbonyl (C=O) groups excluding carboxylic acids is 1. The fourth-order valence-corrected chi connectivity index (χ4v) is 2.77. The van der Waals surface area contributed by atoms with Gasteiger partial charge in [-0.3, -0.25) is 9.89 Å². The number of halogens is 1. The Labute approximate surface area is 136 Å². The van der Waals surface area contributed by atoms with E-state index in [1.54, 1.807) is 6.20 Å². The first kappa shape index (κ1) is 16.5. The van der Waals surface area contributed by atoms with E-state index in [9.17, 15) is 4.79 Å². The number of hydrogen-bond donors (Lipinski definition) is 3. The maximum Gasteiger partial charge on any atom is 0.255 e. The molecule has 0 bridgehead atoms. The zero-order valence-corrected chi connectivity index (χ0v) is 13.3. The maximum absolute atomic E-state index is 12.5. The number of aromatic nitrogens is 2. The van der Waals surface area contributed by atoms with Gasteiger partial charge in [0.15, 0.2) is 0 Å². The lowest BCUT2D eigenvalue weighted by Crippen LogP contribution is -2.51. The summed E-state index contributed by atoms with van der Waals surface area (Å²) < 4.78 is 0. The smallest absolute Gasteiger partial charge is 0.255 e. The normalized spacial score (nSPS) is 21.0. The number of rotatable bonds is 3. The second kappa shape index (κ2) is 7.42. The van der Waals surface area contributed by atoms with Crippen LogP contribution in [0.25, 0.3) is 11.3 Å². The average molecular weight is 321 g/mol. The van der Waals surface area contributed by atoms with E-state index in [1.165, 1.54) is 0 Å². The largest absolute Gasteiger partial charge is 0.348 e. The highest BCUT2D eigenvalue weighted by atomic mass is 35.5. The third-order valence-corrected chi connectivity index (χ3v) is 4.02. The monoisotopic (exact) mass is 320 g/mol. The lowest BCUT2D eigenvalue weighted by molar-refractivity contribution is 0.0920. The molecule has 1 amide bonds. The van der Waals surface area contributed by atoms with E-state index in [2.05, 4.69) is 27.8 Å². The van der Waals surface area contributed by atoms with Gasteiger partial charge in [-0.05, 0) is 26.3 Å². The van der Waals surface area contributed by atoms with E-state index in [-0.39, 0.29) is 24.4 Å². The standard InChI is InChI=1S/C16H20N4O.ClH/c1-11-14(8-5-9-17-11)19-16(21)13-10-18-20-15(13)12-6-3-2-4-7-12;/h2-4,6-7,10-11,14,17H,5,8-9H2,1H3,(H,18,20)(H,19,21);1H. The lowest BCUT2D eigenvalue weighted by atomic mass is 9.99. The van der Waals surface area contributed by atoms with Crippen LogP contribution in [0.2, 0.25) is 0 Å². The highest BCUT2D eigenvalue weighted by Crippen LogP contribution is 2.21. The Morgan fingerprint density at radius 2 is 2.09 bits per heavy atom. The summed E-state index contributed by atoms with van der Waals surface area (Å²) in [4.78, 5) is 12.5. The molecule has 5 nitrogen and oxygen atoms in total. The number of benzene rings is 1. The molecule has 3 rings (SSSR count). The quantitative estimate of drug-likeness (QED) is 0.813. The van der Waals surface area contributed by atoms with Crippen LogP contribution < -0.4 is 10.6 Å². The second-order valence-electron chi connectivity index (χ2n) is 5.49. The number of nitrogens with zero attached hydrogens (tertiary/aromatic N) is 1. The van der Waals surface area contributed by atoms with Gasteiger partial charge in [0, 0.05) is 17.6 Å². The van der Waals surface area contributed by atoms with Gasteiger partial charge in [0.25, 0.3) is 5.91 Å².